The van der Waals surface area contributed by atoms with E-state index >= 15 is 0 Å². The van der Waals surface area contributed by atoms with Gasteiger partial charge < -0.3 is 15.0 Å². The van der Waals surface area contributed by atoms with E-state index in [1.54, 1.807) is 31.2 Å². The number of hydrogen-bond donors (Lipinski definition) is 1. The summed E-state index contributed by atoms with van der Waals surface area (Å²) in [5.74, 6) is -0.298. The molecule has 0 aliphatic rings. The largest absolute Gasteiger partial charge is 0.482 e. The van der Waals surface area contributed by atoms with Gasteiger partial charge in [0.05, 0.1) is 5.02 Å². The van der Waals surface area contributed by atoms with Gasteiger partial charge in [-0.3, -0.25) is 9.59 Å². The number of halogens is 3. The van der Waals surface area contributed by atoms with Crippen molar-refractivity contribution in [1.82, 2.24) is 10.2 Å². The zero-order valence-corrected chi connectivity index (χ0v) is 18.7. The number of ether oxygens (including phenoxy) is 1. The average molecular weight is 458 g/mol. The molecule has 0 aliphatic heterocycles. The van der Waals surface area contributed by atoms with Crippen LogP contribution < -0.4 is 10.1 Å². The second-order valence-corrected chi connectivity index (χ2v) is 8.07. The lowest BCUT2D eigenvalue weighted by Crippen LogP contribution is -2.50. The van der Waals surface area contributed by atoms with Gasteiger partial charge in [0, 0.05) is 22.6 Å². The number of nitrogens with zero attached hydrogens (tertiary/aromatic N) is 1. The van der Waals surface area contributed by atoms with Crippen LogP contribution in [0.3, 0.4) is 0 Å². The van der Waals surface area contributed by atoms with E-state index in [0.717, 1.165) is 5.56 Å². The summed E-state index contributed by atoms with van der Waals surface area (Å²) in [6, 6.07) is 11.2. The molecule has 2 aromatic rings. The third-order valence-corrected chi connectivity index (χ3v) is 5.04. The van der Waals surface area contributed by atoms with Gasteiger partial charge >= 0.3 is 0 Å². The number of carbonyl (C=O) groups is 2. The fraction of sp³-hybridized carbons (Fsp3) is 0.333. The Kier molecular flexibility index (Phi) is 8.62. The third kappa shape index (κ3) is 6.81. The van der Waals surface area contributed by atoms with Crippen LogP contribution in [0.4, 0.5) is 0 Å². The van der Waals surface area contributed by atoms with E-state index in [9.17, 15) is 9.59 Å². The molecule has 1 N–H and O–H groups in total. The topological polar surface area (TPSA) is 58.6 Å². The molecule has 2 rings (SSSR count). The lowest BCUT2D eigenvalue weighted by molar-refractivity contribution is -0.142. The zero-order chi connectivity index (χ0) is 21.6. The smallest absolute Gasteiger partial charge is 0.261 e. The Labute approximate surface area is 185 Å². The monoisotopic (exact) mass is 456 g/mol. The molecule has 0 heterocycles. The van der Waals surface area contributed by atoms with Crippen LogP contribution in [0.5, 0.6) is 5.75 Å². The van der Waals surface area contributed by atoms with Gasteiger partial charge in [-0.25, -0.2) is 0 Å². The van der Waals surface area contributed by atoms with E-state index in [0.29, 0.717) is 20.8 Å². The van der Waals surface area contributed by atoms with Crippen LogP contribution in [0.25, 0.3) is 0 Å². The van der Waals surface area contributed by atoms with Crippen LogP contribution in [0.1, 0.15) is 26.3 Å². The summed E-state index contributed by atoms with van der Waals surface area (Å²) in [7, 11) is 0. The Morgan fingerprint density at radius 3 is 2.34 bits per heavy atom. The Morgan fingerprint density at radius 2 is 1.72 bits per heavy atom. The molecular formula is C21H23Cl3N2O3. The van der Waals surface area contributed by atoms with E-state index < -0.39 is 6.04 Å². The van der Waals surface area contributed by atoms with Gasteiger partial charge in [0.2, 0.25) is 5.91 Å². The first-order chi connectivity index (χ1) is 13.7. The highest BCUT2D eigenvalue weighted by molar-refractivity contribution is 6.35. The predicted molar refractivity (Wildman–Crippen MR) is 117 cm³/mol. The number of hydrogen-bond acceptors (Lipinski definition) is 3. The van der Waals surface area contributed by atoms with Gasteiger partial charge in [-0.2, -0.15) is 0 Å². The van der Waals surface area contributed by atoms with Gasteiger partial charge in [-0.1, -0.05) is 53.0 Å². The van der Waals surface area contributed by atoms with E-state index in [1.807, 2.05) is 26.0 Å². The molecule has 0 spiro atoms. The molecule has 2 amide bonds. The highest BCUT2D eigenvalue weighted by Gasteiger charge is 2.27. The molecule has 2 aromatic carbocycles. The van der Waals surface area contributed by atoms with Crippen molar-refractivity contribution < 1.29 is 14.3 Å². The van der Waals surface area contributed by atoms with Crippen molar-refractivity contribution in [1.29, 1.82) is 0 Å². The van der Waals surface area contributed by atoms with Gasteiger partial charge in [0.1, 0.15) is 11.8 Å². The maximum atomic E-state index is 13.0. The molecule has 0 bridgehead atoms. The van der Waals surface area contributed by atoms with Crippen molar-refractivity contribution in [3.63, 3.8) is 0 Å². The highest BCUT2D eigenvalue weighted by Crippen LogP contribution is 2.27. The fourth-order valence-electron chi connectivity index (χ4n) is 2.61. The highest BCUT2D eigenvalue weighted by atomic mass is 35.5. The minimum atomic E-state index is -0.717. The lowest BCUT2D eigenvalue weighted by atomic mass is 10.1. The number of rotatable bonds is 8. The Bertz CT molecular complexity index is 874. The molecule has 0 aliphatic carbocycles. The van der Waals surface area contributed by atoms with E-state index in [-0.39, 0.29) is 31.0 Å². The maximum Gasteiger partial charge on any atom is 0.261 e. The van der Waals surface area contributed by atoms with Gasteiger partial charge in [-0.05, 0) is 50.6 Å². The second kappa shape index (κ2) is 10.7. The second-order valence-electron chi connectivity index (χ2n) is 6.82. The number of carbonyl (C=O) groups excluding carboxylic acids is 2. The van der Waals surface area contributed by atoms with Crippen molar-refractivity contribution in [2.45, 2.75) is 39.4 Å². The van der Waals surface area contributed by atoms with Gasteiger partial charge in [0.25, 0.3) is 5.91 Å². The van der Waals surface area contributed by atoms with E-state index in [1.165, 1.54) is 11.0 Å². The zero-order valence-electron chi connectivity index (χ0n) is 16.4. The first-order valence-electron chi connectivity index (χ1n) is 9.10. The summed E-state index contributed by atoms with van der Waals surface area (Å²) in [6.45, 7) is 5.27. The summed E-state index contributed by atoms with van der Waals surface area (Å²) in [5, 5.41) is 4.11. The molecule has 0 unspecified atom stereocenters. The Hall–Kier alpha value is -1.95. The molecule has 0 radical (unpaired) electrons. The van der Waals surface area contributed by atoms with Crippen LogP contribution in [0, 0.1) is 0 Å². The SMILES string of the molecule is CC(C)NC(=O)[C@@H](C)N(Cc1ccccc1Cl)C(=O)COc1ccc(Cl)cc1Cl. The standard InChI is InChI=1S/C21H23Cl3N2O3/c1-13(2)25-21(28)14(3)26(11-15-6-4-5-7-17(15)23)20(27)12-29-19-9-8-16(22)10-18(19)24/h4-10,13-14H,11-12H2,1-3H3,(H,25,28)/t14-/m1/s1. The number of amides is 2. The van der Waals surface area contributed by atoms with Crippen molar-refractivity contribution in [3.05, 3.63) is 63.1 Å². The van der Waals surface area contributed by atoms with Crippen molar-refractivity contribution in [2.24, 2.45) is 0 Å². The normalized spacial score (nSPS) is 11.8. The summed E-state index contributed by atoms with van der Waals surface area (Å²) in [6.07, 6.45) is 0. The lowest BCUT2D eigenvalue weighted by Gasteiger charge is -2.29. The minimum absolute atomic E-state index is 0.0497. The fourth-order valence-corrected chi connectivity index (χ4v) is 3.27. The van der Waals surface area contributed by atoms with Crippen molar-refractivity contribution >= 4 is 46.6 Å². The van der Waals surface area contributed by atoms with Crippen LogP contribution in [-0.2, 0) is 16.1 Å². The minimum Gasteiger partial charge on any atom is -0.482 e. The van der Waals surface area contributed by atoms with Crippen LogP contribution in [0.2, 0.25) is 15.1 Å². The Morgan fingerprint density at radius 1 is 1.03 bits per heavy atom. The summed E-state index contributed by atoms with van der Waals surface area (Å²) >= 11 is 18.2. The van der Waals surface area contributed by atoms with E-state index in [4.69, 9.17) is 39.5 Å². The third-order valence-electron chi connectivity index (χ3n) is 4.14. The maximum absolute atomic E-state index is 13.0. The number of nitrogens with one attached hydrogen (secondary N) is 1. The summed E-state index contributed by atoms with van der Waals surface area (Å²) < 4.78 is 5.57. The van der Waals surface area contributed by atoms with Gasteiger partial charge in [-0.15, -0.1) is 0 Å². The molecule has 29 heavy (non-hydrogen) atoms. The van der Waals surface area contributed by atoms with Crippen LogP contribution in [0.15, 0.2) is 42.5 Å². The van der Waals surface area contributed by atoms with Crippen LogP contribution in [-0.4, -0.2) is 35.4 Å². The quantitative estimate of drug-likeness (QED) is 0.609. The van der Waals surface area contributed by atoms with Crippen molar-refractivity contribution in [3.8, 4) is 5.75 Å². The van der Waals surface area contributed by atoms with Gasteiger partial charge in [0.15, 0.2) is 6.61 Å². The summed E-state index contributed by atoms with van der Waals surface area (Å²) in [5.41, 5.74) is 0.733. The summed E-state index contributed by atoms with van der Waals surface area (Å²) in [4.78, 5) is 26.9. The molecule has 8 heteroatoms. The van der Waals surface area contributed by atoms with Crippen molar-refractivity contribution in [2.75, 3.05) is 6.61 Å². The van der Waals surface area contributed by atoms with Crippen LogP contribution >= 0.6 is 34.8 Å². The molecule has 5 nitrogen and oxygen atoms in total. The molecule has 0 fully saturated rings. The Balaban J connectivity index is 2.19. The molecule has 0 saturated heterocycles. The van der Waals surface area contributed by atoms with E-state index in [2.05, 4.69) is 5.32 Å². The molecule has 1 atom stereocenters. The molecular weight excluding hydrogens is 435 g/mol. The molecule has 156 valence electrons. The first kappa shape index (κ1) is 23.3. The predicted octanol–water partition coefficient (Wildman–Crippen LogP) is 4.97. The average Bonchev–Trinajstić information content (AvgIpc) is 2.65. The molecule has 0 aromatic heterocycles. The number of benzene rings is 2. The first-order valence-corrected chi connectivity index (χ1v) is 10.2. The molecule has 0 saturated carbocycles.